The zero-order chi connectivity index (χ0) is 21.2. The van der Waals surface area contributed by atoms with E-state index in [1.54, 1.807) is 0 Å². The number of ether oxygens (including phenoxy) is 2. The van der Waals surface area contributed by atoms with Gasteiger partial charge < -0.3 is 20.2 Å². The largest absolute Gasteiger partial charge is 0.454 e. The van der Waals surface area contributed by atoms with Gasteiger partial charge in [0.25, 0.3) is 0 Å². The molecule has 6 nitrogen and oxygen atoms in total. The summed E-state index contributed by atoms with van der Waals surface area (Å²) in [6.45, 7) is 2.35. The van der Waals surface area contributed by atoms with E-state index in [1.165, 1.54) is 5.56 Å². The van der Waals surface area contributed by atoms with E-state index in [9.17, 15) is 4.79 Å². The molecule has 156 valence electrons. The first-order valence-electron chi connectivity index (χ1n) is 10.4. The molecule has 3 aromatic carbocycles. The summed E-state index contributed by atoms with van der Waals surface area (Å²) in [7, 11) is 0. The Morgan fingerprint density at radius 2 is 1.81 bits per heavy atom. The third-order valence-electron chi connectivity index (χ3n) is 5.43. The van der Waals surface area contributed by atoms with Crippen molar-refractivity contribution in [3.8, 4) is 11.5 Å². The normalized spacial score (nSPS) is 16.5. The summed E-state index contributed by atoms with van der Waals surface area (Å²) in [4.78, 5) is 12.4. The summed E-state index contributed by atoms with van der Waals surface area (Å²) in [6.07, 6.45) is 1.18. The molecule has 31 heavy (non-hydrogen) atoms. The molecule has 0 saturated heterocycles. The van der Waals surface area contributed by atoms with Gasteiger partial charge in [-0.3, -0.25) is 4.79 Å². The molecule has 2 aliphatic heterocycles. The lowest BCUT2D eigenvalue weighted by molar-refractivity contribution is -0.115. The highest BCUT2D eigenvalue weighted by Crippen LogP contribution is 2.36. The Kier molecular flexibility index (Phi) is 5.04. The Hall–Kier alpha value is -3.80. The summed E-state index contributed by atoms with van der Waals surface area (Å²) < 4.78 is 11.1. The molecule has 2 aliphatic rings. The Balaban J connectivity index is 1.38. The molecule has 2 N–H and O–H groups in total. The maximum Gasteiger partial charge on any atom is 0.231 e. The van der Waals surface area contributed by atoms with Crippen LogP contribution in [0.25, 0.3) is 0 Å². The van der Waals surface area contributed by atoms with Crippen molar-refractivity contribution in [1.29, 1.82) is 0 Å². The fraction of sp³-hybridized carbons (Fsp3) is 0.200. The van der Waals surface area contributed by atoms with Crippen LogP contribution in [0.5, 0.6) is 11.5 Å². The smallest absolute Gasteiger partial charge is 0.231 e. The average molecular weight is 413 g/mol. The number of rotatable bonds is 4. The van der Waals surface area contributed by atoms with E-state index in [-0.39, 0.29) is 18.7 Å². The maximum absolute atomic E-state index is 12.4. The Bertz CT molecular complexity index is 1140. The standard InChI is InChI=1S/C25H23N3O3/c1-16-11-19-13-22-23(31-15-30-22)14-21(19)25(28-27-16)18-7-9-20(10-8-18)26-24(29)12-17-5-3-2-4-6-17/h2-10,13-14,16,27H,11-12,15H2,1H3,(H,26,29). The van der Waals surface area contributed by atoms with Crippen molar-refractivity contribution in [3.63, 3.8) is 0 Å². The van der Waals surface area contributed by atoms with E-state index in [2.05, 4.69) is 28.8 Å². The average Bonchev–Trinajstić information content (AvgIpc) is 3.16. The van der Waals surface area contributed by atoms with Crippen LogP contribution >= 0.6 is 0 Å². The number of anilines is 1. The van der Waals surface area contributed by atoms with Crippen LogP contribution < -0.4 is 20.2 Å². The van der Waals surface area contributed by atoms with Crippen LogP contribution in [-0.4, -0.2) is 24.5 Å². The Morgan fingerprint density at radius 3 is 2.58 bits per heavy atom. The highest BCUT2D eigenvalue weighted by Gasteiger charge is 2.24. The number of hydrogen-bond donors (Lipinski definition) is 2. The molecule has 0 bridgehead atoms. The molecular formula is C25H23N3O3. The second-order valence-corrected chi connectivity index (χ2v) is 7.85. The van der Waals surface area contributed by atoms with Crippen molar-refractivity contribution in [2.24, 2.45) is 5.10 Å². The van der Waals surface area contributed by atoms with Crippen LogP contribution in [-0.2, 0) is 17.6 Å². The molecular weight excluding hydrogens is 390 g/mol. The van der Waals surface area contributed by atoms with Gasteiger partial charge in [0.05, 0.1) is 12.1 Å². The number of fused-ring (bicyclic) bond motifs is 2. The molecule has 1 unspecified atom stereocenters. The van der Waals surface area contributed by atoms with Gasteiger partial charge in [-0.05, 0) is 48.7 Å². The van der Waals surface area contributed by atoms with Gasteiger partial charge in [0, 0.05) is 22.9 Å². The van der Waals surface area contributed by atoms with Gasteiger partial charge in [-0.1, -0.05) is 42.5 Å². The van der Waals surface area contributed by atoms with E-state index in [4.69, 9.17) is 9.47 Å². The van der Waals surface area contributed by atoms with Gasteiger partial charge in [0.1, 0.15) is 0 Å². The predicted octanol–water partition coefficient (Wildman–Crippen LogP) is 3.88. The second-order valence-electron chi connectivity index (χ2n) is 7.85. The molecule has 3 aromatic rings. The van der Waals surface area contributed by atoms with Crippen molar-refractivity contribution in [3.05, 3.63) is 89.0 Å². The summed E-state index contributed by atoms with van der Waals surface area (Å²) in [5.41, 5.74) is 8.97. The van der Waals surface area contributed by atoms with Gasteiger partial charge in [-0.15, -0.1) is 0 Å². The van der Waals surface area contributed by atoms with Crippen molar-refractivity contribution in [2.75, 3.05) is 12.1 Å². The van der Waals surface area contributed by atoms with Gasteiger partial charge >= 0.3 is 0 Å². The highest BCUT2D eigenvalue weighted by atomic mass is 16.7. The SMILES string of the molecule is CC1Cc2cc3c(cc2C(c2ccc(NC(=O)Cc4ccccc4)cc2)=NN1)OCO3. The monoisotopic (exact) mass is 413 g/mol. The van der Waals surface area contributed by atoms with Crippen LogP contribution in [0.3, 0.4) is 0 Å². The second kappa shape index (κ2) is 8.14. The Morgan fingerprint density at radius 1 is 1.06 bits per heavy atom. The van der Waals surface area contributed by atoms with Crippen molar-refractivity contribution < 1.29 is 14.3 Å². The van der Waals surface area contributed by atoms with E-state index in [1.807, 2.05) is 60.7 Å². The third-order valence-corrected chi connectivity index (χ3v) is 5.43. The number of carbonyl (C=O) groups excluding carboxylic acids is 1. The number of hydrazone groups is 1. The number of carbonyl (C=O) groups is 1. The van der Waals surface area contributed by atoms with Crippen molar-refractivity contribution in [2.45, 2.75) is 25.8 Å². The van der Waals surface area contributed by atoms with Crippen LogP contribution in [0, 0.1) is 0 Å². The zero-order valence-corrected chi connectivity index (χ0v) is 17.2. The minimum atomic E-state index is -0.0423. The number of hydrogen-bond acceptors (Lipinski definition) is 5. The molecule has 0 radical (unpaired) electrons. The minimum absolute atomic E-state index is 0.0423. The van der Waals surface area contributed by atoms with Crippen molar-refractivity contribution >= 4 is 17.3 Å². The van der Waals surface area contributed by atoms with Crippen LogP contribution in [0.15, 0.2) is 71.8 Å². The first-order valence-corrected chi connectivity index (χ1v) is 10.4. The number of benzene rings is 3. The fourth-order valence-corrected chi connectivity index (χ4v) is 3.90. The first-order chi connectivity index (χ1) is 15.2. The van der Waals surface area contributed by atoms with Crippen molar-refractivity contribution in [1.82, 2.24) is 5.43 Å². The van der Waals surface area contributed by atoms with E-state index in [0.717, 1.165) is 46.0 Å². The highest BCUT2D eigenvalue weighted by molar-refractivity contribution is 6.14. The lowest BCUT2D eigenvalue weighted by Gasteiger charge is -2.12. The van der Waals surface area contributed by atoms with E-state index in [0.29, 0.717) is 6.42 Å². The molecule has 2 heterocycles. The molecule has 0 spiro atoms. The lowest BCUT2D eigenvalue weighted by atomic mass is 9.94. The summed E-state index contributed by atoms with van der Waals surface area (Å²) in [6, 6.07) is 21.7. The van der Waals surface area contributed by atoms with Crippen LogP contribution in [0.1, 0.15) is 29.2 Å². The molecule has 0 saturated carbocycles. The van der Waals surface area contributed by atoms with Gasteiger partial charge in [-0.25, -0.2) is 0 Å². The summed E-state index contributed by atoms with van der Waals surface area (Å²) in [5.74, 6) is 1.48. The molecule has 1 atom stereocenters. The van der Waals surface area contributed by atoms with Crippen LogP contribution in [0.2, 0.25) is 0 Å². The molecule has 5 rings (SSSR count). The number of nitrogens with zero attached hydrogens (tertiary/aromatic N) is 1. The molecule has 6 heteroatoms. The zero-order valence-electron chi connectivity index (χ0n) is 17.2. The first kappa shape index (κ1) is 19.2. The summed E-state index contributed by atoms with van der Waals surface area (Å²) >= 11 is 0. The lowest BCUT2D eigenvalue weighted by Crippen LogP contribution is -2.22. The molecule has 0 fully saturated rings. The van der Waals surface area contributed by atoms with E-state index < -0.39 is 0 Å². The van der Waals surface area contributed by atoms with Crippen LogP contribution in [0.4, 0.5) is 5.69 Å². The topological polar surface area (TPSA) is 72.0 Å². The van der Waals surface area contributed by atoms with Gasteiger partial charge in [0.15, 0.2) is 11.5 Å². The fourth-order valence-electron chi connectivity index (χ4n) is 3.90. The van der Waals surface area contributed by atoms with E-state index >= 15 is 0 Å². The number of nitrogens with one attached hydrogen (secondary N) is 2. The number of amides is 1. The maximum atomic E-state index is 12.4. The predicted molar refractivity (Wildman–Crippen MR) is 120 cm³/mol. The Labute approximate surface area is 180 Å². The third kappa shape index (κ3) is 4.10. The van der Waals surface area contributed by atoms with Gasteiger partial charge in [-0.2, -0.15) is 5.10 Å². The quantitative estimate of drug-likeness (QED) is 0.681. The molecule has 0 aliphatic carbocycles. The molecule has 1 amide bonds. The van der Waals surface area contributed by atoms with Gasteiger partial charge in [0.2, 0.25) is 12.7 Å². The molecule has 0 aromatic heterocycles. The summed E-state index contributed by atoms with van der Waals surface area (Å²) in [5, 5.41) is 7.63. The minimum Gasteiger partial charge on any atom is -0.454 e.